The fraction of sp³-hybridized carbons (Fsp3) is 0.417. The fourth-order valence-corrected chi connectivity index (χ4v) is 3.68. The molecule has 1 atom stereocenters. The first kappa shape index (κ1) is 16.5. The van der Waals surface area contributed by atoms with Crippen LogP contribution in [0.2, 0.25) is 0 Å². The van der Waals surface area contributed by atoms with Gasteiger partial charge in [-0.25, -0.2) is 0 Å². The SMILES string of the molecule is CC(C)(SCc1nnc(-c2ccc(Br)s2)o1)[C@@H](N)C(=O)O. The Morgan fingerprint density at radius 2 is 2.29 bits per heavy atom. The predicted molar refractivity (Wildman–Crippen MR) is 86.3 cm³/mol. The number of thioether (sulfide) groups is 1. The van der Waals surface area contributed by atoms with Crippen molar-refractivity contribution in [3.8, 4) is 10.8 Å². The molecule has 2 aromatic heterocycles. The number of carboxylic acid groups (broad SMARTS) is 1. The highest BCUT2D eigenvalue weighted by Crippen LogP contribution is 2.33. The van der Waals surface area contributed by atoms with Gasteiger partial charge in [0.1, 0.15) is 6.04 Å². The van der Waals surface area contributed by atoms with Gasteiger partial charge in [0.2, 0.25) is 5.89 Å². The number of aliphatic carboxylic acids is 1. The van der Waals surface area contributed by atoms with Gasteiger partial charge in [0, 0.05) is 4.75 Å². The number of carbonyl (C=O) groups is 1. The van der Waals surface area contributed by atoms with Crippen molar-refractivity contribution in [1.29, 1.82) is 0 Å². The summed E-state index contributed by atoms with van der Waals surface area (Å²) in [6.07, 6.45) is 0. The molecule has 9 heteroatoms. The lowest BCUT2D eigenvalue weighted by Crippen LogP contribution is -2.46. The minimum absolute atomic E-state index is 0.410. The van der Waals surface area contributed by atoms with Crippen LogP contribution in [0.3, 0.4) is 0 Å². The normalized spacial score (nSPS) is 13.3. The molecule has 2 aromatic rings. The van der Waals surface area contributed by atoms with Gasteiger partial charge in [-0.05, 0) is 41.9 Å². The first-order valence-electron chi connectivity index (χ1n) is 6.00. The van der Waals surface area contributed by atoms with E-state index in [2.05, 4.69) is 26.1 Å². The summed E-state index contributed by atoms with van der Waals surface area (Å²) in [6, 6.07) is 2.84. The van der Waals surface area contributed by atoms with Crippen LogP contribution in [-0.4, -0.2) is 32.1 Å². The number of thiophene rings is 1. The summed E-state index contributed by atoms with van der Waals surface area (Å²) in [5, 5.41) is 16.9. The van der Waals surface area contributed by atoms with Gasteiger partial charge in [-0.2, -0.15) is 0 Å². The van der Waals surface area contributed by atoms with E-state index in [0.29, 0.717) is 17.5 Å². The fourth-order valence-electron chi connectivity index (χ4n) is 1.48. The second kappa shape index (κ2) is 6.47. The van der Waals surface area contributed by atoms with Crippen LogP contribution >= 0.6 is 39.0 Å². The molecule has 0 aliphatic rings. The average molecular weight is 392 g/mol. The van der Waals surface area contributed by atoms with Gasteiger partial charge >= 0.3 is 5.97 Å². The number of carboxylic acids is 1. The molecule has 0 aliphatic heterocycles. The van der Waals surface area contributed by atoms with Crippen molar-refractivity contribution in [2.45, 2.75) is 30.4 Å². The van der Waals surface area contributed by atoms with Crippen molar-refractivity contribution in [2.75, 3.05) is 0 Å². The third kappa shape index (κ3) is 4.06. The third-order valence-corrected chi connectivity index (χ3v) is 5.83. The number of nitrogens with zero attached hydrogens (tertiary/aromatic N) is 2. The maximum atomic E-state index is 11.0. The lowest BCUT2D eigenvalue weighted by atomic mass is 10.1. The molecule has 0 radical (unpaired) electrons. The van der Waals surface area contributed by atoms with E-state index in [9.17, 15) is 4.79 Å². The van der Waals surface area contributed by atoms with Crippen LogP contribution in [0.4, 0.5) is 0 Å². The quantitative estimate of drug-likeness (QED) is 0.779. The number of halogens is 1. The van der Waals surface area contributed by atoms with Gasteiger partial charge in [0.15, 0.2) is 0 Å². The molecule has 6 nitrogen and oxygen atoms in total. The standard InChI is InChI=1S/C12H14BrN3O3S2/c1-12(2,9(14)11(17)18)20-5-8-15-16-10(19-8)6-3-4-7(13)21-6/h3-4,9H,5,14H2,1-2H3,(H,17,18)/t9-/m0/s1. The van der Waals surface area contributed by atoms with Gasteiger partial charge in [-0.1, -0.05) is 0 Å². The molecule has 0 spiro atoms. The van der Waals surface area contributed by atoms with Crippen LogP contribution in [0, 0.1) is 0 Å². The largest absolute Gasteiger partial charge is 0.480 e. The summed E-state index contributed by atoms with van der Waals surface area (Å²) in [5.74, 6) is 0.294. The zero-order valence-corrected chi connectivity index (χ0v) is 14.6. The molecule has 2 rings (SSSR count). The highest BCUT2D eigenvalue weighted by atomic mass is 79.9. The summed E-state index contributed by atoms with van der Waals surface area (Å²) in [7, 11) is 0. The predicted octanol–water partition coefficient (Wildman–Crippen LogP) is 2.98. The minimum Gasteiger partial charge on any atom is -0.480 e. The molecular formula is C12H14BrN3O3S2. The lowest BCUT2D eigenvalue weighted by Gasteiger charge is -2.27. The van der Waals surface area contributed by atoms with Crippen LogP contribution in [-0.2, 0) is 10.5 Å². The zero-order valence-electron chi connectivity index (χ0n) is 11.4. The molecule has 0 aliphatic carbocycles. The summed E-state index contributed by atoms with van der Waals surface area (Å²) >= 11 is 6.25. The molecule has 0 aromatic carbocycles. The Kier molecular flexibility index (Phi) is 5.07. The highest BCUT2D eigenvalue weighted by molar-refractivity contribution is 9.11. The second-order valence-electron chi connectivity index (χ2n) is 4.81. The monoisotopic (exact) mass is 391 g/mol. The van der Waals surface area contributed by atoms with Gasteiger partial charge < -0.3 is 15.3 Å². The van der Waals surface area contributed by atoms with Crippen LogP contribution in [0.15, 0.2) is 20.3 Å². The van der Waals surface area contributed by atoms with Crippen molar-refractivity contribution in [3.05, 3.63) is 21.8 Å². The summed E-state index contributed by atoms with van der Waals surface area (Å²) in [6.45, 7) is 3.56. The molecule has 0 unspecified atom stereocenters. The van der Waals surface area contributed by atoms with E-state index in [1.165, 1.54) is 23.1 Å². The van der Waals surface area contributed by atoms with E-state index in [1.54, 1.807) is 13.8 Å². The first-order chi connectivity index (χ1) is 9.79. The summed E-state index contributed by atoms with van der Waals surface area (Å²) in [4.78, 5) is 11.8. The summed E-state index contributed by atoms with van der Waals surface area (Å²) in [5.41, 5.74) is 5.67. The van der Waals surface area contributed by atoms with Crippen molar-refractivity contribution in [1.82, 2.24) is 10.2 Å². The minimum atomic E-state index is -1.03. The molecule has 0 saturated carbocycles. The Morgan fingerprint density at radius 1 is 1.57 bits per heavy atom. The molecule has 21 heavy (non-hydrogen) atoms. The molecule has 0 fully saturated rings. The number of hydrogen-bond donors (Lipinski definition) is 2. The Hall–Kier alpha value is -0.900. The van der Waals surface area contributed by atoms with Crippen LogP contribution in [0.5, 0.6) is 0 Å². The third-order valence-electron chi connectivity index (χ3n) is 2.83. The maximum absolute atomic E-state index is 11.0. The molecule has 0 amide bonds. The number of nitrogens with two attached hydrogens (primary N) is 1. The van der Waals surface area contributed by atoms with E-state index in [0.717, 1.165) is 8.66 Å². The Labute approximate surface area is 138 Å². The van der Waals surface area contributed by atoms with E-state index in [1.807, 2.05) is 12.1 Å². The van der Waals surface area contributed by atoms with E-state index in [4.69, 9.17) is 15.3 Å². The van der Waals surface area contributed by atoms with E-state index in [-0.39, 0.29) is 0 Å². The zero-order chi connectivity index (χ0) is 15.6. The highest BCUT2D eigenvalue weighted by Gasteiger charge is 2.33. The Bertz CT molecular complexity index is 641. The Morgan fingerprint density at radius 3 is 2.86 bits per heavy atom. The van der Waals surface area contributed by atoms with Gasteiger partial charge in [-0.3, -0.25) is 4.79 Å². The first-order valence-corrected chi connectivity index (χ1v) is 8.59. The van der Waals surface area contributed by atoms with Gasteiger partial charge in [-0.15, -0.1) is 33.3 Å². The molecular weight excluding hydrogens is 378 g/mol. The molecule has 3 N–H and O–H groups in total. The van der Waals surface area contributed by atoms with Crippen molar-refractivity contribution in [3.63, 3.8) is 0 Å². The van der Waals surface area contributed by atoms with Crippen molar-refractivity contribution >= 4 is 45.0 Å². The molecule has 2 heterocycles. The van der Waals surface area contributed by atoms with Crippen LogP contribution in [0.25, 0.3) is 10.8 Å². The maximum Gasteiger partial charge on any atom is 0.321 e. The average Bonchev–Trinajstić information content (AvgIpc) is 3.04. The topological polar surface area (TPSA) is 102 Å². The molecule has 114 valence electrons. The van der Waals surface area contributed by atoms with Crippen molar-refractivity contribution in [2.24, 2.45) is 5.73 Å². The van der Waals surface area contributed by atoms with Gasteiger partial charge in [0.25, 0.3) is 5.89 Å². The Balaban J connectivity index is 2.02. The lowest BCUT2D eigenvalue weighted by molar-refractivity contribution is -0.139. The number of hydrogen-bond acceptors (Lipinski definition) is 7. The molecule has 0 bridgehead atoms. The molecule has 0 saturated heterocycles. The van der Waals surface area contributed by atoms with Gasteiger partial charge in [0.05, 0.1) is 14.4 Å². The smallest absolute Gasteiger partial charge is 0.321 e. The van der Waals surface area contributed by atoms with Crippen molar-refractivity contribution < 1.29 is 14.3 Å². The van der Waals surface area contributed by atoms with Crippen LogP contribution in [0.1, 0.15) is 19.7 Å². The summed E-state index contributed by atoms with van der Waals surface area (Å²) < 4.78 is 5.93. The number of aromatic nitrogens is 2. The second-order valence-corrected chi connectivity index (χ2v) is 8.91. The van der Waals surface area contributed by atoms with E-state index < -0.39 is 16.8 Å². The van der Waals surface area contributed by atoms with E-state index >= 15 is 0 Å². The number of rotatable bonds is 6. The van der Waals surface area contributed by atoms with Crippen LogP contribution < -0.4 is 5.73 Å².